The van der Waals surface area contributed by atoms with Gasteiger partial charge in [-0.25, -0.2) is 12.7 Å². The molecule has 0 radical (unpaired) electrons. The molecule has 122 valence electrons. The van der Waals surface area contributed by atoms with Crippen LogP contribution in [0.4, 0.5) is 5.69 Å². The van der Waals surface area contributed by atoms with Crippen LogP contribution in [0.15, 0.2) is 23.1 Å². The third-order valence-electron chi connectivity index (χ3n) is 3.83. The summed E-state index contributed by atoms with van der Waals surface area (Å²) in [6.07, 6.45) is 2.18. The second-order valence-electron chi connectivity index (χ2n) is 5.86. The van der Waals surface area contributed by atoms with Crippen molar-refractivity contribution in [2.75, 3.05) is 46.2 Å². The highest BCUT2D eigenvalue weighted by Crippen LogP contribution is 2.28. The van der Waals surface area contributed by atoms with Crippen molar-refractivity contribution in [1.29, 1.82) is 0 Å². The van der Waals surface area contributed by atoms with Gasteiger partial charge in [0.2, 0.25) is 10.0 Å². The molecule has 6 nitrogen and oxygen atoms in total. The monoisotopic (exact) mass is 325 g/mol. The fourth-order valence-corrected chi connectivity index (χ4v) is 3.46. The van der Waals surface area contributed by atoms with E-state index in [9.17, 15) is 13.2 Å². The molecule has 1 aromatic rings. The average Bonchev–Trinajstić information content (AvgIpc) is 2.99. The number of rotatable bonds is 4. The van der Waals surface area contributed by atoms with E-state index in [0.717, 1.165) is 35.9 Å². The van der Waals surface area contributed by atoms with Crippen LogP contribution < -0.4 is 4.90 Å². The number of anilines is 1. The first-order chi connectivity index (χ1) is 10.2. The van der Waals surface area contributed by atoms with Crippen molar-refractivity contribution in [3.63, 3.8) is 0 Å². The van der Waals surface area contributed by atoms with E-state index in [2.05, 4.69) is 4.90 Å². The van der Waals surface area contributed by atoms with Gasteiger partial charge in [0, 0.05) is 47.0 Å². The molecule has 1 aliphatic rings. The van der Waals surface area contributed by atoms with E-state index in [1.54, 1.807) is 26.2 Å². The molecule has 0 unspecified atom stereocenters. The molecule has 0 saturated carbocycles. The molecule has 2 rings (SSSR count). The van der Waals surface area contributed by atoms with Gasteiger partial charge in [0.15, 0.2) is 0 Å². The maximum Gasteiger partial charge on any atom is 0.255 e. The molecule has 7 heteroatoms. The summed E-state index contributed by atoms with van der Waals surface area (Å²) in [5, 5.41) is 0. The van der Waals surface area contributed by atoms with Gasteiger partial charge in [0.25, 0.3) is 5.91 Å². The number of carbonyl (C=O) groups excluding carboxylic acids is 1. The molecule has 1 aliphatic heterocycles. The Balaban J connectivity index is 2.55. The van der Waals surface area contributed by atoms with Crippen molar-refractivity contribution < 1.29 is 13.2 Å². The second-order valence-corrected chi connectivity index (χ2v) is 8.01. The maximum absolute atomic E-state index is 12.5. The molecule has 0 aromatic heterocycles. The summed E-state index contributed by atoms with van der Waals surface area (Å²) >= 11 is 0. The first-order valence-electron chi connectivity index (χ1n) is 7.28. The Morgan fingerprint density at radius 3 is 2.18 bits per heavy atom. The van der Waals surface area contributed by atoms with Crippen molar-refractivity contribution in [3.8, 4) is 0 Å². The van der Waals surface area contributed by atoms with Crippen molar-refractivity contribution >= 4 is 21.6 Å². The molecule has 0 N–H and O–H groups in total. The topological polar surface area (TPSA) is 60.9 Å². The van der Waals surface area contributed by atoms with Gasteiger partial charge in [-0.1, -0.05) is 0 Å². The minimum absolute atomic E-state index is 0.144. The van der Waals surface area contributed by atoms with Gasteiger partial charge in [-0.15, -0.1) is 0 Å². The zero-order valence-electron chi connectivity index (χ0n) is 13.5. The largest absolute Gasteiger partial charge is 0.371 e. The summed E-state index contributed by atoms with van der Waals surface area (Å²) in [7, 11) is 2.75. The van der Waals surface area contributed by atoms with E-state index in [1.165, 1.54) is 25.1 Å². The van der Waals surface area contributed by atoms with Crippen LogP contribution in [-0.2, 0) is 10.0 Å². The normalized spacial score (nSPS) is 15.4. The number of nitrogens with zero attached hydrogens (tertiary/aromatic N) is 3. The molecule has 1 aromatic carbocycles. The van der Waals surface area contributed by atoms with E-state index in [-0.39, 0.29) is 10.8 Å². The molecular formula is C15H23N3O3S. The molecule has 1 amide bonds. The molecule has 0 spiro atoms. The molecule has 0 atom stereocenters. The Bertz CT molecular complexity index is 663. The lowest BCUT2D eigenvalue weighted by Gasteiger charge is -2.23. The SMILES string of the molecule is CN(C)C(=O)c1cc(S(=O)(=O)N(C)C)ccc1N1CCCC1. The Morgan fingerprint density at radius 2 is 1.68 bits per heavy atom. The van der Waals surface area contributed by atoms with E-state index in [4.69, 9.17) is 0 Å². The zero-order chi connectivity index (χ0) is 16.5. The van der Waals surface area contributed by atoms with Crippen molar-refractivity contribution in [1.82, 2.24) is 9.21 Å². The number of hydrogen-bond donors (Lipinski definition) is 0. The Labute approximate surface area is 132 Å². The smallest absolute Gasteiger partial charge is 0.255 e. The molecular weight excluding hydrogens is 302 g/mol. The number of benzene rings is 1. The van der Waals surface area contributed by atoms with Crippen LogP contribution >= 0.6 is 0 Å². The molecule has 0 aliphatic carbocycles. The van der Waals surface area contributed by atoms with Crippen LogP contribution in [0.5, 0.6) is 0 Å². The standard InChI is InChI=1S/C15H23N3O3S/c1-16(2)15(19)13-11-12(22(20,21)17(3)4)7-8-14(13)18-9-5-6-10-18/h7-8,11H,5-6,9-10H2,1-4H3. The predicted octanol–water partition coefficient (Wildman–Crippen LogP) is 1.24. The number of carbonyl (C=O) groups is 1. The predicted molar refractivity (Wildman–Crippen MR) is 86.8 cm³/mol. The summed E-state index contributed by atoms with van der Waals surface area (Å²) in [5.41, 5.74) is 1.25. The Morgan fingerprint density at radius 1 is 1.09 bits per heavy atom. The minimum Gasteiger partial charge on any atom is -0.371 e. The summed E-state index contributed by atoms with van der Waals surface area (Å²) in [5.74, 6) is -0.183. The molecule has 1 heterocycles. The minimum atomic E-state index is -3.55. The van der Waals surface area contributed by atoms with Crippen LogP contribution in [0, 0.1) is 0 Å². The number of sulfonamides is 1. The van der Waals surface area contributed by atoms with Gasteiger partial charge < -0.3 is 9.80 Å². The zero-order valence-corrected chi connectivity index (χ0v) is 14.4. The van der Waals surface area contributed by atoms with E-state index in [0.29, 0.717) is 5.56 Å². The maximum atomic E-state index is 12.5. The Hall–Kier alpha value is -1.60. The second kappa shape index (κ2) is 6.26. The van der Waals surface area contributed by atoms with Crippen LogP contribution in [0.1, 0.15) is 23.2 Å². The first kappa shape index (κ1) is 16.8. The highest BCUT2D eigenvalue weighted by molar-refractivity contribution is 7.89. The third kappa shape index (κ3) is 3.10. The molecule has 1 saturated heterocycles. The fourth-order valence-electron chi connectivity index (χ4n) is 2.53. The van der Waals surface area contributed by atoms with Gasteiger partial charge in [0.05, 0.1) is 10.5 Å². The summed E-state index contributed by atoms with van der Waals surface area (Å²) < 4.78 is 25.7. The summed E-state index contributed by atoms with van der Waals surface area (Å²) in [6.45, 7) is 1.79. The van der Waals surface area contributed by atoms with Gasteiger partial charge in [-0.2, -0.15) is 0 Å². The van der Waals surface area contributed by atoms with Crippen LogP contribution in [0.25, 0.3) is 0 Å². The van der Waals surface area contributed by atoms with Gasteiger partial charge in [-0.3, -0.25) is 4.79 Å². The number of hydrogen-bond acceptors (Lipinski definition) is 4. The lowest BCUT2D eigenvalue weighted by Crippen LogP contribution is -2.28. The van der Waals surface area contributed by atoms with Crippen molar-refractivity contribution in [3.05, 3.63) is 23.8 Å². The summed E-state index contributed by atoms with van der Waals surface area (Å²) in [4.78, 5) is 16.2. The molecule has 1 fully saturated rings. The van der Waals surface area contributed by atoms with E-state index < -0.39 is 10.0 Å². The van der Waals surface area contributed by atoms with Gasteiger partial charge in [0.1, 0.15) is 0 Å². The van der Waals surface area contributed by atoms with Crippen LogP contribution in [0.2, 0.25) is 0 Å². The van der Waals surface area contributed by atoms with Crippen molar-refractivity contribution in [2.45, 2.75) is 17.7 Å². The quantitative estimate of drug-likeness (QED) is 0.836. The third-order valence-corrected chi connectivity index (χ3v) is 5.64. The first-order valence-corrected chi connectivity index (χ1v) is 8.72. The highest BCUT2D eigenvalue weighted by atomic mass is 32.2. The lowest BCUT2D eigenvalue weighted by atomic mass is 10.1. The number of amides is 1. The fraction of sp³-hybridized carbons (Fsp3) is 0.533. The lowest BCUT2D eigenvalue weighted by molar-refractivity contribution is 0.0828. The Kier molecular flexibility index (Phi) is 4.77. The highest BCUT2D eigenvalue weighted by Gasteiger charge is 2.25. The molecule has 0 bridgehead atoms. The van der Waals surface area contributed by atoms with E-state index >= 15 is 0 Å². The van der Waals surface area contributed by atoms with Crippen LogP contribution in [-0.4, -0.2) is 64.8 Å². The van der Waals surface area contributed by atoms with Gasteiger partial charge in [-0.05, 0) is 31.0 Å². The summed E-state index contributed by atoms with van der Waals surface area (Å²) in [6, 6.07) is 4.82. The van der Waals surface area contributed by atoms with E-state index in [1.807, 2.05) is 0 Å². The van der Waals surface area contributed by atoms with Gasteiger partial charge >= 0.3 is 0 Å². The molecule has 22 heavy (non-hydrogen) atoms. The van der Waals surface area contributed by atoms with Crippen LogP contribution in [0.3, 0.4) is 0 Å². The average molecular weight is 325 g/mol. The van der Waals surface area contributed by atoms with Crippen molar-refractivity contribution in [2.24, 2.45) is 0 Å².